The van der Waals surface area contributed by atoms with E-state index in [9.17, 15) is 0 Å². The van der Waals surface area contributed by atoms with Gasteiger partial charge in [0.25, 0.3) is 0 Å². The van der Waals surface area contributed by atoms with Crippen LogP contribution in [-0.4, -0.2) is 11.0 Å². The molecule has 0 spiro atoms. The monoisotopic (exact) mass is 262 g/mol. The number of aromatic nitrogens is 1. The number of hydrogen-bond donors (Lipinski definition) is 0. The Morgan fingerprint density at radius 3 is 2.94 bits per heavy atom. The van der Waals surface area contributed by atoms with Gasteiger partial charge < -0.3 is 9.32 Å². The summed E-state index contributed by atoms with van der Waals surface area (Å²) >= 11 is 5.99. The number of alkyl halides is 1. The van der Waals surface area contributed by atoms with Gasteiger partial charge in [0.05, 0.1) is 18.7 Å². The highest BCUT2D eigenvalue weighted by atomic mass is 35.5. The van der Waals surface area contributed by atoms with Crippen LogP contribution in [0.4, 0.5) is 5.69 Å². The van der Waals surface area contributed by atoms with Crippen LogP contribution in [0.25, 0.3) is 0 Å². The molecule has 18 heavy (non-hydrogen) atoms. The van der Waals surface area contributed by atoms with Crippen LogP contribution < -0.4 is 4.90 Å². The van der Waals surface area contributed by atoms with Crippen molar-refractivity contribution < 1.29 is 4.42 Å². The maximum Gasteiger partial charge on any atom is 0.123 e. The van der Waals surface area contributed by atoms with Crippen LogP contribution >= 0.6 is 11.6 Å². The Kier molecular flexibility index (Phi) is 3.24. The van der Waals surface area contributed by atoms with Gasteiger partial charge in [-0.15, -0.1) is 11.6 Å². The molecule has 1 fully saturated rings. The molecule has 0 radical (unpaired) electrons. The Morgan fingerprint density at radius 2 is 2.28 bits per heavy atom. The van der Waals surface area contributed by atoms with Gasteiger partial charge in [-0.1, -0.05) is 0 Å². The molecule has 2 aromatic rings. The van der Waals surface area contributed by atoms with Crippen molar-refractivity contribution in [2.24, 2.45) is 0 Å². The van der Waals surface area contributed by atoms with E-state index in [0.717, 1.165) is 17.9 Å². The first kappa shape index (κ1) is 11.6. The van der Waals surface area contributed by atoms with Crippen molar-refractivity contribution in [3.05, 3.63) is 48.2 Å². The Hall–Kier alpha value is -1.48. The number of anilines is 1. The quantitative estimate of drug-likeness (QED) is 0.772. The number of rotatable bonds is 5. The molecular formula is C14H15ClN2O. The molecule has 2 aromatic heterocycles. The minimum absolute atomic E-state index is 0.491. The fourth-order valence-electron chi connectivity index (χ4n) is 2.17. The third-order valence-electron chi connectivity index (χ3n) is 3.23. The van der Waals surface area contributed by atoms with Crippen molar-refractivity contribution in [1.29, 1.82) is 0 Å². The van der Waals surface area contributed by atoms with Gasteiger partial charge in [0.1, 0.15) is 5.76 Å². The third-order valence-corrected chi connectivity index (χ3v) is 3.51. The number of nitrogens with zero attached hydrogens (tertiary/aromatic N) is 2. The third kappa shape index (κ3) is 2.36. The zero-order chi connectivity index (χ0) is 12.4. The first-order valence-electron chi connectivity index (χ1n) is 6.16. The summed E-state index contributed by atoms with van der Waals surface area (Å²) in [5.41, 5.74) is 2.26. The van der Waals surface area contributed by atoms with E-state index in [-0.39, 0.29) is 0 Å². The average molecular weight is 263 g/mol. The van der Waals surface area contributed by atoms with Crippen molar-refractivity contribution in [2.45, 2.75) is 31.3 Å². The van der Waals surface area contributed by atoms with Crippen LogP contribution in [0.5, 0.6) is 0 Å². The van der Waals surface area contributed by atoms with Crippen LogP contribution in [-0.2, 0) is 12.4 Å². The predicted octanol–water partition coefficient (Wildman–Crippen LogP) is 3.58. The molecule has 1 aliphatic carbocycles. The summed E-state index contributed by atoms with van der Waals surface area (Å²) in [5.74, 6) is 1.48. The second kappa shape index (κ2) is 5.02. The molecule has 4 heteroatoms. The first-order chi connectivity index (χ1) is 8.88. The van der Waals surface area contributed by atoms with E-state index in [4.69, 9.17) is 16.0 Å². The van der Waals surface area contributed by atoms with E-state index < -0.39 is 0 Å². The van der Waals surface area contributed by atoms with E-state index in [1.807, 2.05) is 30.6 Å². The van der Waals surface area contributed by atoms with E-state index in [1.165, 1.54) is 18.5 Å². The van der Waals surface area contributed by atoms with Gasteiger partial charge >= 0.3 is 0 Å². The van der Waals surface area contributed by atoms with Crippen LogP contribution in [0.3, 0.4) is 0 Å². The lowest BCUT2D eigenvalue weighted by Crippen LogP contribution is -2.25. The maximum atomic E-state index is 5.99. The normalized spacial score (nSPS) is 14.7. The van der Waals surface area contributed by atoms with Gasteiger partial charge in [-0.2, -0.15) is 0 Å². The number of hydrogen-bond acceptors (Lipinski definition) is 3. The number of halogens is 1. The van der Waals surface area contributed by atoms with Gasteiger partial charge in [0.15, 0.2) is 0 Å². The van der Waals surface area contributed by atoms with Crippen LogP contribution in [0.15, 0.2) is 41.3 Å². The Bertz CT molecular complexity index is 508. The molecule has 0 amide bonds. The van der Waals surface area contributed by atoms with E-state index in [1.54, 1.807) is 6.26 Å². The van der Waals surface area contributed by atoms with Gasteiger partial charge in [0, 0.05) is 29.7 Å². The first-order valence-corrected chi connectivity index (χ1v) is 6.70. The fraction of sp³-hybridized carbons (Fsp3) is 0.357. The number of furan rings is 1. The van der Waals surface area contributed by atoms with Gasteiger partial charge in [0.2, 0.25) is 0 Å². The van der Waals surface area contributed by atoms with Crippen LogP contribution in [0.1, 0.15) is 24.2 Å². The molecule has 0 aliphatic heterocycles. The topological polar surface area (TPSA) is 29.3 Å². The smallest absolute Gasteiger partial charge is 0.123 e. The van der Waals surface area contributed by atoms with Crippen molar-refractivity contribution in [3.8, 4) is 0 Å². The summed E-state index contributed by atoms with van der Waals surface area (Å²) in [6.45, 7) is 0.797. The maximum absolute atomic E-state index is 5.99. The van der Waals surface area contributed by atoms with E-state index in [2.05, 4.69) is 9.88 Å². The molecule has 2 heterocycles. The minimum Gasteiger partial charge on any atom is -0.467 e. The molecule has 3 rings (SSSR count). The Labute approximate surface area is 111 Å². The highest BCUT2D eigenvalue weighted by Gasteiger charge is 2.30. The second-order valence-corrected chi connectivity index (χ2v) is 4.84. The fourth-order valence-corrected chi connectivity index (χ4v) is 2.38. The molecule has 0 unspecified atom stereocenters. The molecular weight excluding hydrogens is 248 g/mol. The van der Waals surface area contributed by atoms with Crippen LogP contribution in [0, 0.1) is 0 Å². The zero-order valence-corrected chi connectivity index (χ0v) is 10.8. The van der Waals surface area contributed by atoms with E-state index in [0.29, 0.717) is 11.9 Å². The molecule has 0 aromatic carbocycles. The molecule has 94 valence electrons. The highest BCUT2D eigenvalue weighted by Crippen LogP contribution is 2.35. The van der Waals surface area contributed by atoms with Crippen LogP contribution in [0.2, 0.25) is 0 Å². The summed E-state index contributed by atoms with van der Waals surface area (Å²) in [4.78, 5) is 6.51. The lowest BCUT2D eigenvalue weighted by atomic mass is 10.2. The summed E-state index contributed by atoms with van der Waals surface area (Å²) in [5, 5.41) is 0. The largest absolute Gasteiger partial charge is 0.467 e. The minimum atomic E-state index is 0.491. The molecule has 3 nitrogen and oxygen atoms in total. The molecule has 1 saturated carbocycles. The molecule has 0 saturated heterocycles. The predicted molar refractivity (Wildman–Crippen MR) is 71.7 cm³/mol. The highest BCUT2D eigenvalue weighted by molar-refractivity contribution is 6.17. The lowest BCUT2D eigenvalue weighted by Gasteiger charge is -2.25. The average Bonchev–Trinajstić information content (AvgIpc) is 3.13. The summed E-state index contributed by atoms with van der Waals surface area (Å²) in [7, 11) is 0. The Morgan fingerprint density at radius 1 is 1.39 bits per heavy atom. The molecule has 0 N–H and O–H groups in total. The SMILES string of the molecule is ClCc1cnccc1N(Cc1ccco1)C1CC1. The Balaban J connectivity index is 1.89. The summed E-state index contributed by atoms with van der Waals surface area (Å²) < 4.78 is 5.45. The van der Waals surface area contributed by atoms with Crippen molar-refractivity contribution in [3.63, 3.8) is 0 Å². The molecule has 0 bridgehead atoms. The standard InChI is InChI=1S/C14H15ClN2O/c15-8-11-9-16-6-5-14(11)17(12-3-4-12)10-13-2-1-7-18-13/h1-2,5-7,9,12H,3-4,8,10H2. The summed E-state index contributed by atoms with van der Waals surface area (Å²) in [6, 6.07) is 6.59. The van der Waals surface area contributed by atoms with Crippen molar-refractivity contribution >= 4 is 17.3 Å². The van der Waals surface area contributed by atoms with Gasteiger partial charge in [-0.05, 0) is 31.0 Å². The van der Waals surface area contributed by atoms with Crippen molar-refractivity contribution in [2.75, 3.05) is 4.90 Å². The molecule has 1 aliphatic rings. The van der Waals surface area contributed by atoms with E-state index >= 15 is 0 Å². The van der Waals surface area contributed by atoms with Crippen molar-refractivity contribution in [1.82, 2.24) is 4.98 Å². The second-order valence-electron chi connectivity index (χ2n) is 4.58. The zero-order valence-electron chi connectivity index (χ0n) is 10.1. The molecule has 0 atom stereocenters. The van der Waals surface area contributed by atoms with Gasteiger partial charge in [-0.3, -0.25) is 4.98 Å². The summed E-state index contributed by atoms with van der Waals surface area (Å²) in [6.07, 6.45) is 7.87. The lowest BCUT2D eigenvalue weighted by molar-refractivity contribution is 0.501. The van der Waals surface area contributed by atoms with Gasteiger partial charge in [-0.25, -0.2) is 0 Å². The number of pyridine rings is 1.